The van der Waals surface area contributed by atoms with Crippen molar-refractivity contribution in [1.82, 2.24) is 0 Å². The monoisotopic (exact) mass is 187 g/mol. The van der Waals surface area contributed by atoms with Gasteiger partial charge in [0, 0.05) is 11.7 Å². The van der Waals surface area contributed by atoms with Gasteiger partial charge >= 0.3 is 0 Å². The first-order valence-electron chi connectivity index (χ1n) is 5.73. The molecule has 2 aliphatic rings. The second-order valence-corrected chi connectivity index (χ2v) is 4.79. The van der Waals surface area contributed by atoms with E-state index < -0.39 is 0 Å². The molecule has 2 saturated carbocycles. The third-order valence-corrected chi connectivity index (χ3v) is 3.86. The van der Waals surface area contributed by atoms with Gasteiger partial charge < -0.3 is 5.32 Å². The van der Waals surface area contributed by atoms with Gasteiger partial charge in [0.1, 0.15) is 0 Å². The highest BCUT2D eigenvalue weighted by molar-refractivity contribution is 5.44. The molecule has 74 valence electrons. The molecule has 3 rings (SSSR count). The highest BCUT2D eigenvalue weighted by Gasteiger charge is 2.39. The first-order valence-corrected chi connectivity index (χ1v) is 5.73. The topological polar surface area (TPSA) is 12.0 Å². The van der Waals surface area contributed by atoms with Crippen molar-refractivity contribution in [2.24, 2.45) is 11.8 Å². The second-order valence-electron chi connectivity index (χ2n) is 4.79. The minimum atomic E-state index is 0.760. The molecule has 0 radical (unpaired) electrons. The molecule has 14 heavy (non-hydrogen) atoms. The summed E-state index contributed by atoms with van der Waals surface area (Å²) in [6.07, 6.45) is 5.82. The van der Waals surface area contributed by atoms with Crippen LogP contribution >= 0.6 is 0 Å². The largest absolute Gasteiger partial charge is 0.382 e. The molecule has 0 spiro atoms. The van der Waals surface area contributed by atoms with Crippen molar-refractivity contribution in [3.8, 4) is 0 Å². The summed E-state index contributed by atoms with van der Waals surface area (Å²) in [4.78, 5) is 0. The maximum Gasteiger partial charge on any atom is 0.0342 e. The molecular weight excluding hydrogens is 170 g/mol. The number of hydrogen-bond donors (Lipinski definition) is 1. The molecule has 0 saturated heterocycles. The maximum absolute atomic E-state index is 3.67. The van der Waals surface area contributed by atoms with Crippen LogP contribution in [0.5, 0.6) is 0 Å². The van der Waals surface area contributed by atoms with Gasteiger partial charge in [-0.3, -0.25) is 0 Å². The second kappa shape index (κ2) is 3.30. The normalized spacial score (nSPS) is 34.7. The van der Waals surface area contributed by atoms with Crippen LogP contribution in [0.1, 0.15) is 25.7 Å². The number of hydrogen-bond acceptors (Lipinski definition) is 1. The van der Waals surface area contributed by atoms with Crippen molar-refractivity contribution in [2.45, 2.75) is 31.7 Å². The fourth-order valence-electron chi connectivity index (χ4n) is 3.17. The quantitative estimate of drug-likeness (QED) is 0.749. The fraction of sp³-hybridized carbons (Fsp3) is 0.538. The van der Waals surface area contributed by atoms with Gasteiger partial charge in [0.2, 0.25) is 0 Å². The van der Waals surface area contributed by atoms with Crippen LogP contribution in [0.4, 0.5) is 5.69 Å². The summed E-state index contributed by atoms with van der Waals surface area (Å²) in [5.41, 5.74) is 1.30. The SMILES string of the molecule is c1ccc(NC2CC3CCC2C3)cc1. The van der Waals surface area contributed by atoms with E-state index in [1.807, 2.05) is 0 Å². The van der Waals surface area contributed by atoms with Crippen LogP contribution in [-0.2, 0) is 0 Å². The number of anilines is 1. The molecule has 1 aromatic carbocycles. The highest BCUT2D eigenvalue weighted by Crippen LogP contribution is 2.45. The molecule has 2 aliphatic carbocycles. The van der Waals surface area contributed by atoms with Gasteiger partial charge in [-0.2, -0.15) is 0 Å². The van der Waals surface area contributed by atoms with Gasteiger partial charge in [-0.05, 0) is 43.2 Å². The van der Waals surface area contributed by atoms with Crippen molar-refractivity contribution in [2.75, 3.05) is 5.32 Å². The summed E-state index contributed by atoms with van der Waals surface area (Å²) >= 11 is 0. The van der Waals surface area contributed by atoms with Crippen molar-refractivity contribution < 1.29 is 0 Å². The van der Waals surface area contributed by atoms with Crippen LogP contribution in [-0.4, -0.2) is 6.04 Å². The zero-order valence-electron chi connectivity index (χ0n) is 8.45. The molecule has 1 aromatic rings. The number of rotatable bonds is 2. The lowest BCUT2D eigenvalue weighted by Gasteiger charge is -2.23. The minimum Gasteiger partial charge on any atom is -0.382 e. The first-order chi connectivity index (χ1) is 6.92. The Hall–Kier alpha value is -0.980. The smallest absolute Gasteiger partial charge is 0.0342 e. The molecule has 0 aliphatic heterocycles. The van der Waals surface area contributed by atoms with E-state index in [-0.39, 0.29) is 0 Å². The summed E-state index contributed by atoms with van der Waals surface area (Å²) in [5, 5.41) is 3.67. The first kappa shape index (κ1) is 8.34. The van der Waals surface area contributed by atoms with Crippen LogP contribution in [0.2, 0.25) is 0 Å². The van der Waals surface area contributed by atoms with Crippen LogP contribution < -0.4 is 5.32 Å². The van der Waals surface area contributed by atoms with E-state index in [0.29, 0.717) is 0 Å². The third kappa shape index (κ3) is 1.41. The molecule has 0 heterocycles. The zero-order valence-corrected chi connectivity index (χ0v) is 8.45. The Morgan fingerprint density at radius 1 is 1.00 bits per heavy atom. The molecule has 2 bridgehead atoms. The molecular formula is C13H17N. The van der Waals surface area contributed by atoms with Gasteiger partial charge in [-0.15, -0.1) is 0 Å². The lowest BCUT2D eigenvalue weighted by Crippen LogP contribution is -2.25. The molecule has 2 fully saturated rings. The zero-order chi connectivity index (χ0) is 9.38. The van der Waals surface area contributed by atoms with Crippen molar-refractivity contribution in [3.63, 3.8) is 0 Å². The summed E-state index contributed by atoms with van der Waals surface area (Å²) in [6, 6.07) is 11.4. The molecule has 1 N–H and O–H groups in total. The average Bonchev–Trinajstić information content (AvgIpc) is 2.81. The molecule has 1 heteroatoms. The molecule has 1 nitrogen and oxygen atoms in total. The van der Waals surface area contributed by atoms with Crippen LogP contribution in [0, 0.1) is 11.8 Å². The Bertz CT molecular complexity index is 306. The van der Waals surface area contributed by atoms with E-state index in [0.717, 1.165) is 17.9 Å². The number of para-hydroxylation sites is 1. The molecule has 3 unspecified atom stereocenters. The maximum atomic E-state index is 3.67. The van der Waals surface area contributed by atoms with Gasteiger partial charge in [-0.25, -0.2) is 0 Å². The van der Waals surface area contributed by atoms with Crippen LogP contribution in [0.3, 0.4) is 0 Å². The summed E-state index contributed by atoms with van der Waals surface area (Å²) in [6.45, 7) is 0. The number of fused-ring (bicyclic) bond motifs is 2. The lowest BCUT2D eigenvalue weighted by atomic mass is 9.95. The predicted octanol–water partition coefficient (Wildman–Crippen LogP) is 3.29. The summed E-state index contributed by atoms with van der Waals surface area (Å²) in [7, 11) is 0. The minimum absolute atomic E-state index is 0.760. The molecule has 0 aromatic heterocycles. The van der Waals surface area contributed by atoms with E-state index in [9.17, 15) is 0 Å². The lowest BCUT2D eigenvalue weighted by molar-refractivity contribution is 0.440. The van der Waals surface area contributed by atoms with Crippen molar-refractivity contribution in [1.29, 1.82) is 0 Å². The highest BCUT2D eigenvalue weighted by atomic mass is 14.9. The van der Waals surface area contributed by atoms with Crippen molar-refractivity contribution >= 4 is 5.69 Å². The van der Waals surface area contributed by atoms with E-state index in [1.165, 1.54) is 31.4 Å². The number of nitrogens with one attached hydrogen (secondary N) is 1. The van der Waals surface area contributed by atoms with Gasteiger partial charge in [0.05, 0.1) is 0 Å². The molecule has 0 amide bonds. The predicted molar refractivity (Wildman–Crippen MR) is 59.3 cm³/mol. The Kier molecular flexibility index (Phi) is 1.97. The van der Waals surface area contributed by atoms with Gasteiger partial charge in [0.15, 0.2) is 0 Å². The Morgan fingerprint density at radius 2 is 1.86 bits per heavy atom. The summed E-state index contributed by atoms with van der Waals surface area (Å²) < 4.78 is 0. The van der Waals surface area contributed by atoms with Crippen LogP contribution in [0.25, 0.3) is 0 Å². The third-order valence-electron chi connectivity index (χ3n) is 3.86. The van der Waals surface area contributed by atoms with Gasteiger partial charge in [-0.1, -0.05) is 24.6 Å². The van der Waals surface area contributed by atoms with E-state index in [1.54, 1.807) is 0 Å². The Morgan fingerprint density at radius 3 is 2.50 bits per heavy atom. The van der Waals surface area contributed by atoms with E-state index >= 15 is 0 Å². The van der Waals surface area contributed by atoms with Crippen molar-refractivity contribution in [3.05, 3.63) is 30.3 Å². The van der Waals surface area contributed by atoms with E-state index in [4.69, 9.17) is 0 Å². The van der Waals surface area contributed by atoms with Crippen LogP contribution in [0.15, 0.2) is 30.3 Å². The number of benzene rings is 1. The summed E-state index contributed by atoms with van der Waals surface area (Å²) in [5.74, 6) is 1.99. The molecule has 3 atom stereocenters. The Labute approximate surface area is 85.5 Å². The fourth-order valence-corrected chi connectivity index (χ4v) is 3.17. The van der Waals surface area contributed by atoms with E-state index in [2.05, 4.69) is 35.6 Å². The van der Waals surface area contributed by atoms with Gasteiger partial charge in [0.25, 0.3) is 0 Å². The Balaban J connectivity index is 1.69. The average molecular weight is 187 g/mol. The standard InChI is InChI=1S/C13H17N/c1-2-4-12(5-3-1)14-13-9-10-6-7-11(13)8-10/h1-5,10-11,13-14H,6-9H2.